The van der Waals surface area contributed by atoms with E-state index >= 15 is 0 Å². The summed E-state index contributed by atoms with van der Waals surface area (Å²) < 4.78 is 13.8. The molecule has 0 spiro atoms. The van der Waals surface area contributed by atoms with Crippen molar-refractivity contribution in [3.8, 4) is 0 Å². The van der Waals surface area contributed by atoms with Gasteiger partial charge < -0.3 is 15.5 Å². The fourth-order valence-electron chi connectivity index (χ4n) is 2.25. The Bertz CT molecular complexity index is 533. The fourth-order valence-corrected chi connectivity index (χ4v) is 2.25. The lowest BCUT2D eigenvalue weighted by molar-refractivity contribution is -0.150. The molecular weight excluding hydrogens is 261 g/mol. The summed E-state index contributed by atoms with van der Waals surface area (Å²) >= 11 is 0. The molecule has 0 saturated carbocycles. The minimum absolute atomic E-state index is 0.00687. The maximum Gasteiger partial charge on any atom is 0.242 e. The Morgan fingerprint density at radius 2 is 1.85 bits per heavy atom. The largest absolute Gasteiger partial charge is 0.396 e. The van der Waals surface area contributed by atoms with E-state index in [1.807, 2.05) is 6.92 Å². The van der Waals surface area contributed by atoms with Crippen molar-refractivity contribution < 1.29 is 14.0 Å². The topological polar surface area (TPSA) is 66.6 Å². The molecule has 0 aliphatic carbocycles. The van der Waals surface area contributed by atoms with E-state index in [0.717, 1.165) is 6.42 Å². The highest BCUT2D eigenvalue weighted by atomic mass is 19.1. The van der Waals surface area contributed by atoms with Crippen LogP contribution < -0.4 is 5.73 Å². The zero-order chi connectivity index (χ0) is 14.7. The second-order valence-corrected chi connectivity index (χ2v) is 4.89. The van der Waals surface area contributed by atoms with Crippen molar-refractivity contribution in [2.24, 2.45) is 0 Å². The maximum atomic E-state index is 13.8. The first-order valence-electron chi connectivity index (χ1n) is 6.61. The summed E-state index contributed by atoms with van der Waals surface area (Å²) in [7, 11) is 0. The third-order valence-corrected chi connectivity index (χ3v) is 3.32. The van der Waals surface area contributed by atoms with Crippen molar-refractivity contribution in [1.82, 2.24) is 9.80 Å². The highest BCUT2D eigenvalue weighted by Crippen LogP contribution is 2.18. The Balaban J connectivity index is 2.09. The van der Waals surface area contributed by atoms with Crippen LogP contribution >= 0.6 is 0 Å². The van der Waals surface area contributed by atoms with Crippen LogP contribution in [0.4, 0.5) is 10.1 Å². The van der Waals surface area contributed by atoms with Crippen molar-refractivity contribution in [2.75, 3.05) is 25.4 Å². The minimum Gasteiger partial charge on any atom is -0.396 e. The number of halogens is 1. The Morgan fingerprint density at radius 3 is 2.55 bits per heavy atom. The van der Waals surface area contributed by atoms with Crippen molar-refractivity contribution >= 4 is 17.5 Å². The molecule has 1 fully saturated rings. The van der Waals surface area contributed by atoms with Gasteiger partial charge in [-0.2, -0.15) is 0 Å². The number of rotatable bonds is 4. The maximum absolute atomic E-state index is 13.8. The van der Waals surface area contributed by atoms with Crippen molar-refractivity contribution in [3.05, 3.63) is 29.6 Å². The van der Waals surface area contributed by atoms with Crippen LogP contribution in [-0.4, -0.2) is 41.2 Å². The first kappa shape index (κ1) is 14.3. The number of carbonyl (C=O) groups is 2. The quantitative estimate of drug-likeness (QED) is 0.836. The molecule has 0 radical (unpaired) electrons. The number of amides is 2. The Kier molecular flexibility index (Phi) is 4.22. The number of carbonyl (C=O) groups excluding carboxylic acids is 2. The van der Waals surface area contributed by atoms with Crippen LogP contribution in [-0.2, 0) is 16.1 Å². The van der Waals surface area contributed by atoms with E-state index in [9.17, 15) is 14.0 Å². The van der Waals surface area contributed by atoms with Crippen LogP contribution in [0.2, 0.25) is 0 Å². The van der Waals surface area contributed by atoms with Gasteiger partial charge in [-0.3, -0.25) is 9.59 Å². The molecule has 5 nitrogen and oxygen atoms in total. The third kappa shape index (κ3) is 2.89. The monoisotopic (exact) mass is 279 g/mol. The number of piperazine rings is 1. The van der Waals surface area contributed by atoms with Crippen LogP contribution in [0.15, 0.2) is 18.2 Å². The molecule has 2 rings (SSSR count). The second-order valence-electron chi connectivity index (χ2n) is 4.89. The summed E-state index contributed by atoms with van der Waals surface area (Å²) in [5, 5.41) is 0. The number of nitrogen functional groups attached to an aromatic ring is 1. The molecule has 20 heavy (non-hydrogen) atoms. The Hall–Kier alpha value is -2.11. The molecular formula is C14H18FN3O2. The van der Waals surface area contributed by atoms with E-state index in [4.69, 9.17) is 5.73 Å². The van der Waals surface area contributed by atoms with Gasteiger partial charge in [-0.25, -0.2) is 4.39 Å². The first-order chi connectivity index (χ1) is 9.52. The molecule has 2 N–H and O–H groups in total. The summed E-state index contributed by atoms with van der Waals surface area (Å²) in [5.41, 5.74) is 5.87. The van der Waals surface area contributed by atoms with E-state index in [0.29, 0.717) is 12.1 Å². The van der Waals surface area contributed by atoms with E-state index in [1.54, 1.807) is 12.1 Å². The summed E-state index contributed by atoms with van der Waals surface area (Å²) in [4.78, 5) is 26.8. The molecule has 1 aromatic carbocycles. The van der Waals surface area contributed by atoms with Gasteiger partial charge in [0.1, 0.15) is 6.54 Å². The molecule has 1 saturated heterocycles. The normalized spacial score (nSPS) is 15.9. The lowest BCUT2D eigenvalue weighted by Gasteiger charge is -2.33. The van der Waals surface area contributed by atoms with Gasteiger partial charge in [0.05, 0.1) is 12.2 Å². The molecule has 1 aliphatic heterocycles. The number of hydrogen-bond donors (Lipinski definition) is 1. The molecule has 2 amide bonds. The number of nitrogens with zero attached hydrogens (tertiary/aromatic N) is 2. The summed E-state index contributed by atoms with van der Waals surface area (Å²) in [6.45, 7) is 2.66. The standard InChI is InChI=1S/C14H18FN3O2/c1-2-6-17-8-13(20)18(9-12(17)19)7-10-4-3-5-11(16)14(10)15/h3-5H,2,6-9,16H2,1H3. The van der Waals surface area contributed by atoms with E-state index in [1.165, 1.54) is 15.9 Å². The molecule has 6 heteroatoms. The van der Waals surface area contributed by atoms with Gasteiger partial charge in [-0.15, -0.1) is 0 Å². The Morgan fingerprint density at radius 1 is 1.20 bits per heavy atom. The lowest BCUT2D eigenvalue weighted by Crippen LogP contribution is -2.53. The highest BCUT2D eigenvalue weighted by Gasteiger charge is 2.29. The number of nitrogens with two attached hydrogens (primary N) is 1. The number of hydrogen-bond acceptors (Lipinski definition) is 3. The van der Waals surface area contributed by atoms with Crippen molar-refractivity contribution in [3.63, 3.8) is 0 Å². The zero-order valence-corrected chi connectivity index (χ0v) is 11.4. The first-order valence-corrected chi connectivity index (χ1v) is 6.61. The fraction of sp³-hybridized carbons (Fsp3) is 0.429. The van der Waals surface area contributed by atoms with Crippen molar-refractivity contribution in [1.29, 1.82) is 0 Å². The number of anilines is 1. The molecule has 1 aromatic rings. The predicted octanol–water partition coefficient (Wildman–Crippen LogP) is 0.989. The molecule has 0 unspecified atom stereocenters. The zero-order valence-electron chi connectivity index (χ0n) is 11.4. The molecule has 0 aromatic heterocycles. The minimum atomic E-state index is -0.524. The van der Waals surface area contributed by atoms with Crippen LogP contribution in [0.25, 0.3) is 0 Å². The average molecular weight is 279 g/mol. The summed E-state index contributed by atoms with van der Waals surface area (Å²) in [5.74, 6) is -0.792. The van der Waals surface area contributed by atoms with Gasteiger partial charge in [0.2, 0.25) is 11.8 Å². The molecule has 1 aliphatic rings. The van der Waals surface area contributed by atoms with Gasteiger partial charge in [0.15, 0.2) is 5.82 Å². The van der Waals surface area contributed by atoms with E-state index in [2.05, 4.69) is 0 Å². The highest BCUT2D eigenvalue weighted by molar-refractivity contribution is 5.92. The predicted molar refractivity (Wildman–Crippen MR) is 73.1 cm³/mol. The van der Waals surface area contributed by atoms with Crippen molar-refractivity contribution in [2.45, 2.75) is 19.9 Å². The van der Waals surface area contributed by atoms with Gasteiger partial charge in [-0.05, 0) is 12.5 Å². The van der Waals surface area contributed by atoms with Crippen LogP contribution in [0.3, 0.4) is 0 Å². The number of benzene rings is 1. The molecule has 108 valence electrons. The van der Waals surface area contributed by atoms with Gasteiger partial charge >= 0.3 is 0 Å². The van der Waals surface area contributed by atoms with Gasteiger partial charge in [0, 0.05) is 18.7 Å². The molecule has 0 atom stereocenters. The van der Waals surface area contributed by atoms with E-state index < -0.39 is 5.82 Å². The molecule has 0 bridgehead atoms. The van der Waals surface area contributed by atoms with Gasteiger partial charge in [0.25, 0.3) is 0 Å². The lowest BCUT2D eigenvalue weighted by atomic mass is 10.1. The SMILES string of the molecule is CCCN1CC(=O)N(Cc2cccc(N)c2F)CC1=O. The summed E-state index contributed by atoms with van der Waals surface area (Å²) in [6, 6.07) is 4.67. The van der Waals surface area contributed by atoms with Crippen LogP contribution in [0, 0.1) is 5.82 Å². The molecule has 1 heterocycles. The smallest absolute Gasteiger partial charge is 0.242 e. The second kappa shape index (κ2) is 5.90. The summed E-state index contributed by atoms with van der Waals surface area (Å²) in [6.07, 6.45) is 0.808. The van der Waals surface area contributed by atoms with Crippen LogP contribution in [0.5, 0.6) is 0 Å². The third-order valence-electron chi connectivity index (χ3n) is 3.32. The van der Waals surface area contributed by atoms with Gasteiger partial charge in [-0.1, -0.05) is 19.1 Å². The average Bonchev–Trinajstić information content (AvgIpc) is 2.41. The Labute approximate surface area is 117 Å². The van der Waals surface area contributed by atoms with E-state index in [-0.39, 0.29) is 37.1 Å². The van der Waals surface area contributed by atoms with Crippen LogP contribution in [0.1, 0.15) is 18.9 Å².